The summed E-state index contributed by atoms with van der Waals surface area (Å²) >= 11 is 1.84. The van der Waals surface area contributed by atoms with Crippen LogP contribution in [0.15, 0.2) is 0 Å². The van der Waals surface area contributed by atoms with Gasteiger partial charge < -0.3 is 10.6 Å². The van der Waals surface area contributed by atoms with Gasteiger partial charge in [0.2, 0.25) is 5.91 Å². The minimum atomic E-state index is -0.481. The van der Waals surface area contributed by atoms with Gasteiger partial charge in [-0.05, 0) is 33.6 Å². The monoisotopic (exact) mass is 218 g/mol. The van der Waals surface area contributed by atoms with Crippen molar-refractivity contribution >= 4 is 17.7 Å². The van der Waals surface area contributed by atoms with Gasteiger partial charge in [-0.1, -0.05) is 6.92 Å². The lowest BCUT2D eigenvalue weighted by Crippen LogP contribution is -2.53. The van der Waals surface area contributed by atoms with E-state index < -0.39 is 5.54 Å². The summed E-state index contributed by atoms with van der Waals surface area (Å²) in [5.74, 6) is 2.13. The molecule has 0 aliphatic rings. The Balaban J connectivity index is 3.93. The smallest absolute Gasteiger partial charge is 0.239 e. The Morgan fingerprint density at radius 1 is 1.50 bits per heavy atom. The molecular formula is C10H22N2OS. The highest BCUT2D eigenvalue weighted by Gasteiger charge is 2.25. The van der Waals surface area contributed by atoms with Crippen LogP contribution in [0.25, 0.3) is 0 Å². The zero-order valence-electron chi connectivity index (χ0n) is 9.81. The fraction of sp³-hybridized carbons (Fsp3) is 0.900. The Kier molecular flexibility index (Phi) is 6.20. The molecule has 0 aliphatic carbocycles. The highest BCUT2D eigenvalue weighted by Crippen LogP contribution is 2.04. The van der Waals surface area contributed by atoms with E-state index in [0.29, 0.717) is 0 Å². The molecule has 3 nitrogen and oxygen atoms in total. The highest BCUT2D eigenvalue weighted by atomic mass is 32.2. The van der Waals surface area contributed by atoms with Crippen LogP contribution in [0.1, 0.15) is 27.7 Å². The third-order valence-corrected chi connectivity index (χ3v) is 3.29. The van der Waals surface area contributed by atoms with E-state index in [9.17, 15) is 4.79 Å². The van der Waals surface area contributed by atoms with Crippen molar-refractivity contribution in [2.45, 2.75) is 39.3 Å². The van der Waals surface area contributed by atoms with E-state index in [4.69, 9.17) is 0 Å². The lowest BCUT2D eigenvalue weighted by atomic mass is 10.1. The molecule has 0 radical (unpaired) electrons. The summed E-state index contributed by atoms with van der Waals surface area (Å²) < 4.78 is 0. The fourth-order valence-corrected chi connectivity index (χ4v) is 1.53. The molecule has 0 saturated carbocycles. The van der Waals surface area contributed by atoms with Crippen LogP contribution in [-0.2, 0) is 4.79 Å². The van der Waals surface area contributed by atoms with Gasteiger partial charge >= 0.3 is 0 Å². The van der Waals surface area contributed by atoms with Gasteiger partial charge in [-0.3, -0.25) is 4.79 Å². The summed E-state index contributed by atoms with van der Waals surface area (Å²) in [6.45, 7) is 7.91. The summed E-state index contributed by atoms with van der Waals surface area (Å²) in [5.41, 5.74) is -0.481. The molecule has 0 heterocycles. The lowest BCUT2D eigenvalue weighted by Gasteiger charge is -2.25. The number of hydrogen-bond donors (Lipinski definition) is 2. The van der Waals surface area contributed by atoms with Crippen LogP contribution in [0, 0.1) is 0 Å². The molecule has 0 fully saturated rings. The third-order valence-electron chi connectivity index (χ3n) is 2.14. The molecule has 2 N–H and O–H groups in total. The van der Waals surface area contributed by atoms with Crippen LogP contribution in [0.4, 0.5) is 0 Å². The Labute approximate surface area is 91.4 Å². The fourth-order valence-electron chi connectivity index (χ4n) is 0.854. The number of rotatable bonds is 6. The molecule has 0 rings (SSSR count). The number of hydrogen-bond acceptors (Lipinski definition) is 3. The molecule has 1 unspecified atom stereocenters. The molecule has 1 atom stereocenters. The molecule has 0 aliphatic heterocycles. The predicted octanol–water partition coefficient (Wildman–Crippen LogP) is 1.24. The van der Waals surface area contributed by atoms with Gasteiger partial charge in [0.1, 0.15) is 0 Å². The zero-order chi connectivity index (χ0) is 11.2. The first kappa shape index (κ1) is 13.8. The first-order valence-electron chi connectivity index (χ1n) is 5.01. The first-order chi connectivity index (χ1) is 6.44. The summed E-state index contributed by atoms with van der Waals surface area (Å²) in [5, 5.41) is 5.97. The van der Waals surface area contributed by atoms with Gasteiger partial charge in [-0.15, -0.1) is 0 Å². The van der Waals surface area contributed by atoms with Crippen LogP contribution in [0.2, 0.25) is 0 Å². The van der Waals surface area contributed by atoms with Crippen LogP contribution >= 0.6 is 11.8 Å². The molecule has 0 aromatic carbocycles. The maximum atomic E-state index is 11.7. The maximum absolute atomic E-state index is 11.7. The number of carbonyl (C=O) groups excluding carboxylic acids is 1. The normalized spacial score (nSPS) is 13.8. The van der Waals surface area contributed by atoms with Crippen molar-refractivity contribution in [2.24, 2.45) is 0 Å². The second-order valence-corrected chi connectivity index (χ2v) is 5.23. The van der Waals surface area contributed by atoms with Gasteiger partial charge in [0.05, 0.1) is 5.54 Å². The topological polar surface area (TPSA) is 41.1 Å². The molecule has 1 amide bonds. The molecule has 0 bridgehead atoms. The van der Waals surface area contributed by atoms with E-state index in [1.54, 1.807) is 7.05 Å². The Morgan fingerprint density at radius 3 is 2.50 bits per heavy atom. The van der Waals surface area contributed by atoms with E-state index in [1.807, 2.05) is 32.5 Å². The zero-order valence-corrected chi connectivity index (χ0v) is 10.6. The van der Waals surface area contributed by atoms with Crippen molar-refractivity contribution in [3.05, 3.63) is 0 Å². The van der Waals surface area contributed by atoms with Crippen molar-refractivity contribution in [1.29, 1.82) is 0 Å². The Bertz CT molecular complexity index is 183. The standard InChI is InChI=1S/C10H22N2OS/c1-6-14-7-8(2)12-9(13)10(3,4)11-5/h8,11H,6-7H2,1-5H3,(H,12,13). The summed E-state index contributed by atoms with van der Waals surface area (Å²) in [6, 6.07) is 0.236. The number of carbonyl (C=O) groups is 1. The molecule has 0 saturated heterocycles. The van der Waals surface area contributed by atoms with Crippen molar-refractivity contribution in [2.75, 3.05) is 18.6 Å². The molecule has 84 valence electrons. The first-order valence-corrected chi connectivity index (χ1v) is 6.17. The average Bonchev–Trinajstić information content (AvgIpc) is 2.14. The molecule has 0 aromatic heterocycles. The maximum Gasteiger partial charge on any atom is 0.239 e. The lowest BCUT2D eigenvalue weighted by molar-refractivity contribution is -0.126. The molecule has 4 heteroatoms. The number of nitrogens with one attached hydrogen (secondary N) is 2. The van der Waals surface area contributed by atoms with Gasteiger partial charge in [0, 0.05) is 11.8 Å². The average molecular weight is 218 g/mol. The number of amides is 1. The number of likely N-dealkylation sites (N-methyl/N-ethyl adjacent to an activating group) is 1. The Morgan fingerprint density at radius 2 is 2.07 bits per heavy atom. The second-order valence-electron chi connectivity index (χ2n) is 3.91. The van der Waals surface area contributed by atoms with Gasteiger partial charge in [-0.2, -0.15) is 11.8 Å². The predicted molar refractivity (Wildman–Crippen MR) is 63.7 cm³/mol. The van der Waals surface area contributed by atoms with Gasteiger partial charge in [0.25, 0.3) is 0 Å². The van der Waals surface area contributed by atoms with E-state index >= 15 is 0 Å². The van der Waals surface area contributed by atoms with E-state index in [-0.39, 0.29) is 11.9 Å². The molecular weight excluding hydrogens is 196 g/mol. The van der Waals surface area contributed by atoms with Crippen LogP contribution in [-0.4, -0.2) is 36.0 Å². The third kappa shape index (κ3) is 4.86. The van der Waals surface area contributed by atoms with Crippen molar-refractivity contribution in [3.8, 4) is 0 Å². The molecule has 0 spiro atoms. The second kappa shape index (κ2) is 6.30. The summed E-state index contributed by atoms with van der Waals surface area (Å²) in [6.07, 6.45) is 0. The SMILES string of the molecule is CCSCC(C)NC(=O)C(C)(C)NC. The van der Waals surface area contributed by atoms with Gasteiger partial charge in [0.15, 0.2) is 0 Å². The van der Waals surface area contributed by atoms with Gasteiger partial charge in [-0.25, -0.2) is 0 Å². The quantitative estimate of drug-likeness (QED) is 0.705. The highest BCUT2D eigenvalue weighted by molar-refractivity contribution is 7.99. The van der Waals surface area contributed by atoms with Crippen molar-refractivity contribution < 1.29 is 4.79 Å². The largest absolute Gasteiger partial charge is 0.351 e. The van der Waals surface area contributed by atoms with Crippen LogP contribution in [0.5, 0.6) is 0 Å². The summed E-state index contributed by atoms with van der Waals surface area (Å²) in [7, 11) is 1.80. The van der Waals surface area contributed by atoms with E-state index in [1.165, 1.54) is 0 Å². The Hall–Kier alpha value is -0.220. The van der Waals surface area contributed by atoms with Crippen molar-refractivity contribution in [3.63, 3.8) is 0 Å². The molecule has 0 aromatic rings. The summed E-state index contributed by atoms with van der Waals surface area (Å²) in [4.78, 5) is 11.7. The molecule has 14 heavy (non-hydrogen) atoms. The van der Waals surface area contributed by atoms with E-state index in [0.717, 1.165) is 11.5 Å². The minimum Gasteiger partial charge on any atom is -0.351 e. The van der Waals surface area contributed by atoms with Crippen LogP contribution < -0.4 is 10.6 Å². The number of thioether (sulfide) groups is 1. The van der Waals surface area contributed by atoms with Crippen LogP contribution in [0.3, 0.4) is 0 Å². The van der Waals surface area contributed by atoms with E-state index in [2.05, 4.69) is 17.6 Å². The van der Waals surface area contributed by atoms with Crippen molar-refractivity contribution in [1.82, 2.24) is 10.6 Å². The minimum absolute atomic E-state index is 0.0594.